The largest absolute Gasteiger partial charge is 0.461 e. The molecule has 0 bridgehead atoms. The number of hydrogen-bond acceptors (Lipinski definition) is 7. The van der Waals surface area contributed by atoms with E-state index in [9.17, 15) is 9.59 Å². The van der Waals surface area contributed by atoms with E-state index in [-0.39, 0.29) is 11.7 Å². The average molecular weight is 459 g/mol. The third kappa shape index (κ3) is 4.03. The SMILES string of the molecule is NC(=O)C(NC(=O)CSc1nnc2c3ccccc3nc(-c3ccco3)n12)c1ccccc1. The Kier molecular flexibility index (Phi) is 5.49. The molecule has 0 fully saturated rings. The molecule has 1 atom stereocenters. The molecule has 0 spiro atoms. The summed E-state index contributed by atoms with van der Waals surface area (Å²) in [7, 11) is 0. The first-order chi connectivity index (χ1) is 16.1. The van der Waals surface area contributed by atoms with Crippen molar-refractivity contribution in [3.8, 4) is 11.6 Å². The molecule has 0 saturated carbocycles. The Morgan fingerprint density at radius 3 is 2.58 bits per heavy atom. The summed E-state index contributed by atoms with van der Waals surface area (Å²) in [4.78, 5) is 29.3. The number of thioether (sulfide) groups is 1. The molecule has 0 saturated heterocycles. The van der Waals surface area contributed by atoms with Crippen molar-refractivity contribution in [3.05, 3.63) is 78.6 Å². The molecule has 164 valence electrons. The van der Waals surface area contributed by atoms with Gasteiger partial charge in [-0.25, -0.2) is 4.98 Å². The van der Waals surface area contributed by atoms with E-state index in [2.05, 4.69) is 15.5 Å². The van der Waals surface area contributed by atoms with Crippen molar-refractivity contribution < 1.29 is 14.0 Å². The number of amides is 2. The highest BCUT2D eigenvalue weighted by Gasteiger charge is 2.22. The van der Waals surface area contributed by atoms with Gasteiger partial charge in [0.1, 0.15) is 6.04 Å². The van der Waals surface area contributed by atoms with E-state index >= 15 is 0 Å². The fourth-order valence-corrected chi connectivity index (χ4v) is 4.27. The molecule has 0 aliphatic rings. The Labute approximate surface area is 192 Å². The van der Waals surface area contributed by atoms with Gasteiger partial charge in [0.15, 0.2) is 22.4 Å². The summed E-state index contributed by atoms with van der Waals surface area (Å²) in [5.41, 5.74) is 7.48. The van der Waals surface area contributed by atoms with E-state index < -0.39 is 11.9 Å². The first kappa shape index (κ1) is 20.7. The maximum atomic E-state index is 12.7. The lowest BCUT2D eigenvalue weighted by Crippen LogP contribution is -2.38. The lowest BCUT2D eigenvalue weighted by atomic mass is 10.1. The molecular weight excluding hydrogens is 440 g/mol. The minimum absolute atomic E-state index is 0.00181. The predicted octanol–water partition coefficient (Wildman–Crippen LogP) is 2.97. The Morgan fingerprint density at radius 2 is 1.82 bits per heavy atom. The van der Waals surface area contributed by atoms with Crippen LogP contribution in [-0.4, -0.2) is 37.1 Å². The van der Waals surface area contributed by atoms with E-state index in [0.29, 0.717) is 28.0 Å². The second-order valence-electron chi connectivity index (χ2n) is 7.17. The van der Waals surface area contributed by atoms with Crippen LogP contribution in [0.25, 0.3) is 28.1 Å². The lowest BCUT2D eigenvalue weighted by molar-refractivity contribution is -0.126. The standard InChI is InChI=1S/C23H18N6O3S/c24-20(31)19(14-7-2-1-3-8-14)26-18(30)13-33-23-28-27-21-15-9-4-5-10-16(15)25-22(29(21)23)17-11-6-12-32-17/h1-12,19H,13H2,(H2,24,31)(H,26,30). The van der Waals surface area contributed by atoms with Gasteiger partial charge in [0.05, 0.1) is 17.5 Å². The fourth-order valence-electron chi connectivity index (χ4n) is 3.52. The average Bonchev–Trinajstić information content (AvgIpc) is 3.52. The van der Waals surface area contributed by atoms with Crippen LogP contribution in [0.1, 0.15) is 11.6 Å². The van der Waals surface area contributed by atoms with Gasteiger partial charge in [-0.3, -0.25) is 14.0 Å². The lowest BCUT2D eigenvalue weighted by Gasteiger charge is -2.15. The number of benzene rings is 2. The van der Waals surface area contributed by atoms with Crippen LogP contribution in [0.3, 0.4) is 0 Å². The van der Waals surface area contributed by atoms with Crippen LogP contribution >= 0.6 is 11.8 Å². The Bertz CT molecular complexity index is 1450. The maximum absolute atomic E-state index is 12.7. The zero-order valence-electron chi connectivity index (χ0n) is 17.2. The number of hydrogen-bond donors (Lipinski definition) is 2. The summed E-state index contributed by atoms with van der Waals surface area (Å²) in [5.74, 6) is 0.0820. The van der Waals surface area contributed by atoms with Gasteiger partial charge in [-0.2, -0.15) is 0 Å². The van der Waals surface area contributed by atoms with Crippen molar-refractivity contribution >= 4 is 40.1 Å². The van der Waals surface area contributed by atoms with Gasteiger partial charge in [-0.15, -0.1) is 10.2 Å². The van der Waals surface area contributed by atoms with E-state index in [4.69, 9.17) is 15.1 Å². The Morgan fingerprint density at radius 1 is 1.03 bits per heavy atom. The van der Waals surface area contributed by atoms with Crippen LogP contribution in [0.15, 0.2) is 82.6 Å². The van der Waals surface area contributed by atoms with Crippen molar-refractivity contribution in [2.75, 3.05) is 5.75 Å². The van der Waals surface area contributed by atoms with Crippen molar-refractivity contribution in [3.63, 3.8) is 0 Å². The predicted molar refractivity (Wildman–Crippen MR) is 123 cm³/mol. The summed E-state index contributed by atoms with van der Waals surface area (Å²) < 4.78 is 7.34. The van der Waals surface area contributed by atoms with Crippen molar-refractivity contribution in [1.82, 2.24) is 24.9 Å². The van der Waals surface area contributed by atoms with Crippen LogP contribution < -0.4 is 11.1 Å². The minimum atomic E-state index is -0.918. The molecule has 1 unspecified atom stereocenters. The van der Waals surface area contributed by atoms with Gasteiger partial charge < -0.3 is 15.5 Å². The molecule has 9 nitrogen and oxygen atoms in total. The number of nitrogens with two attached hydrogens (primary N) is 1. The molecule has 5 aromatic rings. The Hall–Kier alpha value is -4.18. The normalized spacial score (nSPS) is 12.1. The number of nitrogens with one attached hydrogen (secondary N) is 1. The zero-order valence-corrected chi connectivity index (χ0v) is 18.0. The molecule has 3 heterocycles. The summed E-state index contributed by atoms with van der Waals surface area (Å²) in [6.45, 7) is 0. The first-order valence-corrected chi connectivity index (χ1v) is 11.0. The number of para-hydroxylation sites is 1. The quantitative estimate of drug-likeness (QED) is 0.359. The minimum Gasteiger partial charge on any atom is -0.461 e. The second-order valence-corrected chi connectivity index (χ2v) is 8.12. The fraction of sp³-hybridized carbons (Fsp3) is 0.0870. The number of fused-ring (bicyclic) bond motifs is 3. The van der Waals surface area contributed by atoms with Crippen molar-refractivity contribution in [1.29, 1.82) is 0 Å². The Balaban J connectivity index is 1.44. The van der Waals surface area contributed by atoms with E-state index in [0.717, 1.165) is 10.9 Å². The third-order valence-corrected chi connectivity index (χ3v) is 5.94. The highest BCUT2D eigenvalue weighted by molar-refractivity contribution is 7.99. The third-order valence-electron chi connectivity index (χ3n) is 5.01. The molecule has 2 aromatic carbocycles. The summed E-state index contributed by atoms with van der Waals surface area (Å²) in [6.07, 6.45) is 1.57. The van der Waals surface area contributed by atoms with Gasteiger partial charge >= 0.3 is 0 Å². The smallest absolute Gasteiger partial charge is 0.244 e. The number of carbonyl (C=O) groups excluding carboxylic acids is 2. The van der Waals surface area contributed by atoms with Crippen molar-refractivity contribution in [2.24, 2.45) is 5.73 Å². The number of furan rings is 1. The molecule has 5 rings (SSSR count). The van der Waals surface area contributed by atoms with Gasteiger partial charge in [-0.1, -0.05) is 54.2 Å². The second kappa shape index (κ2) is 8.75. The molecule has 3 aromatic heterocycles. The van der Waals surface area contributed by atoms with Crippen molar-refractivity contribution in [2.45, 2.75) is 11.2 Å². The zero-order chi connectivity index (χ0) is 22.8. The van der Waals surface area contributed by atoms with E-state index in [1.807, 2.05) is 30.3 Å². The van der Waals surface area contributed by atoms with Crippen LogP contribution in [-0.2, 0) is 9.59 Å². The molecule has 0 aliphatic heterocycles. The number of aromatic nitrogens is 4. The van der Waals surface area contributed by atoms with Crippen LogP contribution in [0.4, 0.5) is 0 Å². The number of primary amides is 1. The molecular formula is C23H18N6O3S. The number of carbonyl (C=O) groups is 2. The van der Waals surface area contributed by atoms with Crippen LogP contribution in [0.5, 0.6) is 0 Å². The van der Waals surface area contributed by atoms with E-state index in [1.165, 1.54) is 11.8 Å². The molecule has 33 heavy (non-hydrogen) atoms. The first-order valence-electron chi connectivity index (χ1n) is 10.1. The molecule has 3 N–H and O–H groups in total. The van der Waals surface area contributed by atoms with Gasteiger partial charge in [0, 0.05) is 5.39 Å². The summed E-state index contributed by atoms with van der Waals surface area (Å²) in [6, 6.07) is 19.1. The number of rotatable bonds is 7. The van der Waals surface area contributed by atoms with Crippen LogP contribution in [0.2, 0.25) is 0 Å². The molecule has 0 radical (unpaired) electrons. The van der Waals surface area contributed by atoms with Gasteiger partial charge in [0.2, 0.25) is 11.8 Å². The van der Waals surface area contributed by atoms with Gasteiger partial charge in [0.25, 0.3) is 0 Å². The van der Waals surface area contributed by atoms with Gasteiger partial charge in [-0.05, 0) is 29.8 Å². The molecule has 10 heteroatoms. The van der Waals surface area contributed by atoms with Crippen LogP contribution in [0, 0.1) is 0 Å². The highest BCUT2D eigenvalue weighted by atomic mass is 32.2. The van der Waals surface area contributed by atoms with E-state index in [1.54, 1.807) is 47.1 Å². The summed E-state index contributed by atoms with van der Waals surface area (Å²) >= 11 is 1.18. The monoisotopic (exact) mass is 458 g/mol. The summed E-state index contributed by atoms with van der Waals surface area (Å²) in [5, 5.41) is 12.6. The number of nitrogens with zero attached hydrogens (tertiary/aromatic N) is 4. The molecule has 0 aliphatic carbocycles. The topological polar surface area (TPSA) is 128 Å². The maximum Gasteiger partial charge on any atom is 0.244 e. The molecule has 2 amide bonds. The highest BCUT2D eigenvalue weighted by Crippen LogP contribution is 2.29.